The fourth-order valence-corrected chi connectivity index (χ4v) is 3.05. The molecule has 6 nitrogen and oxygen atoms in total. The van der Waals surface area contributed by atoms with Gasteiger partial charge in [0.25, 0.3) is 0 Å². The number of carbonyl (C=O) groups excluding carboxylic acids is 1. The van der Waals surface area contributed by atoms with Crippen molar-refractivity contribution in [3.63, 3.8) is 0 Å². The van der Waals surface area contributed by atoms with Crippen molar-refractivity contribution in [2.75, 3.05) is 11.9 Å². The largest absolute Gasteiger partial charge is 0.481 e. The second-order valence-corrected chi connectivity index (χ2v) is 5.60. The third-order valence-electron chi connectivity index (χ3n) is 3.17. The van der Waals surface area contributed by atoms with Gasteiger partial charge in [-0.05, 0) is 25.7 Å². The first-order valence-electron chi connectivity index (χ1n) is 6.36. The topological polar surface area (TPSA) is 91.3 Å². The third kappa shape index (κ3) is 3.44. The van der Waals surface area contributed by atoms with Crippen molar-refractivity contribution in [3.8, 4) is 0 Å². The molecule has 1 heterocycles. The maximum atomic E-state index is 11.6. The Labute approximate surface area is 115 Å². The molecule has 1 unspecified atom stereocenters. The Kier molecular flexibility index (Phi) is 4.36. The van der Waals surface area contributed by atoms with Crippen molar-refractivity contribution >= 4 is 28.5 Å². The maximum absolute atomic E-state index is 11.6. The minimum atomic E-state index is -0.893. The number of aromatic nitrogens is 1. The van der Waals surface area contributed by atoms with Crippen LogP contribution in [0.1, 0.15) is 30.3 Å². The van der Waals surface area contributed by atoms with E-state index in [1.165, 1.54) is 16.2 Å². The summed E-state index contributed by atoms with van der Waals surface area (Å²) < 4.78 is 0. The molecule has 0 saturated heterocycles. The van der Waals surface area contributed by atoms with Crippen LogP contribution >= 0.6 is 11.3 Å². The van der Waals surface area contributed by atoms with Gasteiger partial charge in [0.05, 0.1) is 11.6 Å². The molecule has 0 aliphatic heterocycles. The molecule has 1 aromatic rings. The van der Waals surface area contributed by atoms with Crippen molar-refractivity contribution in [1.82, 2.24) is 10.3 Å². The molecule has 1 aliphatic rings. The van der Waals surface area contributed by atoms with Crippen LogP contribution in [0.25, 0.3) is 0 Å². The molecule has 0 radical (unpaired) electrons. The first kappa shape index (κ1) is 13.8. The number of hydrogen-bond acceptors (Lipinski definition) is 4. The summed E-state index contributed by atoms with van der Waals surface area (Å²) in [4.78, 5) is 28.0. The molecular weight excluding hydrogens is 266 g/mol. The van der Waals surface area contributed by atoms with Crippen molar-refractivity contribution in [3.05, 3.63) is 10.6 Å². The number of carboxylic acids is 1. The number of carboxylic acid groups (broad SMARTS) is 1. The minimum absolute atomic E-state index is 0.128. The SMILES string of the molecule is CCC(CNC(=O)Nc1nc2c(s1)CCC2)C(=O)O. The fourth-order valence-electron chi connectivity index (χ4n) is 2.01. The van der Waals surface area contributed by atoms with Gasteiger partial charge in [0.1, 0.15) is 0 Å². The van der Waals surface area contributed by atoms with Crippen LogP contribution < -0.4 is 10.6 Å². The van der Waals surface area contributed by atoms with Gasteiger partial charge in [-0.25, -0.2) is 9.78 Å². The molecule has 1 aliphatic carbocycles. The highest BCUT2D eigenvalue weighted by Gasteiger charge is 2.19. The summed E-state index contributed by atoms with van der Waals surface area (Å²) >= 11 is 1.50. The molecule has 2 rings (SSSR count). The molecular formula is C12H17N3O3S. The van der Waals surface area contributed by atoms with Crippen LogP contribution in [0.4, 0.5) is 9.93 Å². The van der Waals surface area contributed by atoms with Gasteiger partial charge in [-0.15, -0.1) is 11.3 Å². The standard InChI is InChI=1S/C12H17N3O3S/c1-2-7(10(16)17)6-13-11(18)15-12-14-8-4-3-5-9(8)19-12/h7H,2-6H2,1H3,(H,16,17)(H2,13,14,15,18). The lowest BCUT2D eigenvalue weighted by atomic mass is 10.1. The Hall–Kier alpha value is -1.63. The summed E-state index contributed by atoms with van der Waals surface area (Å²) in [7, 11) is 0. The number of amides is 2. The van der Waals surface area contributed by atoms with Crippen molar-refractivity contribution < 1.29 is 14.7 Å². The molecule has 0 bridgehead atoms. The molecule has 1 atom stereocenters. The van der Waals surface area contributed by atoms with Crippen LogP contribution in [-0.2, 0) is 17.6 Å². The molecule has 0 spiro atoms. The number of anilines is 1. The van der Waals surface area contributed by atoms with Crippen LogP contribution in [0.15, 0.2) is 0 Å². The lowest BCUT2D eigenvalue weighted by Crippen LogP contribution is -2.35. The van der Waals surface area contributed by atoms with Crippen molar-refractivity contribution in [2.45, 2.75) is 32.6 Å². The van der Waals surface area contributed by atoms with Gasteiger partial charge < -0.3 is 10.4 Å². The monoisotopic (exact) mass is 283 g/mol. The Balaban J connectivity index is 1.82. The van der Waals surface area contributed by atoms with Crippen molar-refractivity contribution in [1.29, 1.82) is 0 Å². The molecule has 3 N–H and O–H groups in total. The Morgan fingerprint density at radius 1 is 1.47 bits per heavy atom. The van der Waals surface area contributed by atoms with Crippen LogP contribution in [0, 0.1) is 5.92 Å². The predicted molar refractivity (Wildman–Crippen MR) is 72.6 cm³/mol. The minimum Gasteiger partial charge on any atom is -0.481 e. The maximum Gasteiger partial charge on any atom is 0.321 e. The van der Waals surface area contributed by atoms with E-state index in [-0.39, 0.29) is 6.54 Å². The van der Waals surface area contributed by atoms with E-state index in [0.29, 0.717) is 11.6 Å². The number of rotatable bonds is 5. The summed E-state index contributed by atoms with van der Waals surface area (Å²) in [5, 5.41) is 14.7. The predicted octanol–water partition coefficient (Wildman–Crippen LogP) is 1.86. The number of aliphatic carboxylic acids is 1. The average molecular weight is 283 g/mol. The molecule has 0 fully saturated rings. The Morgan fingerprint density at radius 2 is 2.26 bits per heavy atom. The van der Waals surface area contributed by atoms with Crippen LogP contribution in [0.2, 0.25) is 0 Å². The number of thiazole rings is 1. The number of hydrogen-bond donors (Lipinski definition) is 3. The number of fused-ring (bicyclic) bond motifs is 1. The van der Waals surface area contributed by atoms with Gasteiger partial charge in [-0.3, -0.25) is 10.1 Å². The number of nitrogens with zero attached hydrogens (tertiary/aromatic N) is 1. The van der Waals surface area contributed by atoms with Crippen LogP contribution in [0.3, 0.4) is 0 Å². The molecule has 1 aromatic heterocycles. The van der Waals surface area contributed by atoms with Gasteiger partial charge in [-0.2, -0.15) is 0 Å². The summed E-state index contributed by atoms with van der Waals surface area (Å²) in [6, 6.07) is -0.396. The molecule has 7 heteroatoms. The van der Waals surface area contributed by atoms with Gasteiger partial charge in [0.2, 0.25) is 0 Å². The Bertz CT molecular complexity index is 465. The summed E-state index contributed by atoms with van der Waals surface area (Å²) in [6.07, 6.45) is 3.64. The lowest BCUT2D eigenvalue weighted by Gasteiger charge is -2.10. The number of urea groups is 1. The van der Waals surface area contributed by atoms with E-state index in [0.717, 1.165) is 25.0 Å². The average Bonchev–Trinajstić information content (AvgIpc) is 2.89. The lowest BCUT2D eigenvalue weighted by molar-refractivity contribution is -0.141. The normalized spacial score (nSPS) is 14.8. The molecule has 19 heavy (non-hydrogen) atoms. The third-order valence-corrected chi connectivity index (χ3v) is 4.24. The molecule has 0 aromatic carbocycles. The molecule has 2 amide bonds. The summed E-state index contributed by atoms with van der Waals surface area (Å²) in [6.45, 7) is 1.91. The van der Waals surface area contributed by atoms with Gasteiger partial charge in [0.15, 0.2) is 5.13 Å². The van der Waals surface area contributed by atoms with E-state index in [4.69, 9.17) is 5.11 Å². The first-order chi connectivity index (χ1) is 9.10. The van der Waals surface area contributed by atoms with E-state index in [2.05, 4.69) is 15.6 Å². The van der Waals surface area contributed by atoms with Gasteiger partial charge in [-0.1, -0.05) is 6.92 Å². The zero-order chi connectivity index (χ0) is 13.8. The van der Waals surface area contributed by atoms with E-state index in [1.807, 2.05) is 0 Å². The van der Waals surface area contributed by atoms with Gasteiger partial charge in [0, 0.05) is 11.4 Å². The van der Waals surface area contributed by atoms with Crippen LogP contribution in [0.5, 0.6) is 0 Å². The summed E-state index contributed by atoms with van der Waals surface area (Å²) in [5.74, 6) is -1.44. The molecule has 104 valence electrons. The van der Waals surface area contributed by atoms with Crippen LogP contribution in [-0.4, -0.2) is 28.6 Å². The number of nitrogens with one attached hydrogen (secondary N) is 2. The van der Waals surface area contributed by atoms with Crippen molar-refractivity contribution in [2.24, 2.45) is 5.92 Å². The highest BCUT2D eigenvalue weighted by atomic mass is 32.1. The highest BCUT2D eigenvalue weighted by Crippen LogP contribution is 2.30. The number of carbonyl (C=O) groups is 2. The van der Waals surface area contributed by atoms with E-state index >= 15 is 0 Å². The van der Waals surface area contributed by atoms with E-state index in [1.54, 1.807) is 6.92 Å². The molecule has 0 saturated carbocycles. The Morgan fingerprint density at radius 3 is 2.89 bits per heavy atom. The second-order valence-electron chi connectivity index (χ2n) is 4.52. The quantitative estimate of drug-likeness (QED) is 0.769. The number of aryl methyl sites for hydroxylation is 2. The summed E-state index contributed by atoms with van der Waals surface area (Å²) in [5.41, 5.74) is 1.08. The van der Waals surface area contributed by atoms with E-state index in [9.17, 15) is 9.59 Å². The highest BCUT2D eigenvalue weighted by molar-refractivity contribution is 7.15. The smallest absolute Gasteiger partial charge is 0.321 e. The zero-order valence-electron chi connectivity index (χ0n) is 10.7. The van der Waals surface area contributed by atoms with E-state index < -0.39 is 17.9 Å². The second kappa shape index (κ2) is 6.01. The van der Waals surface area contributed by atoms with Gasteiger partial charge >= 0.3 is 12.0 Å². The fraction of sp³-hybridized carbons (Fsp3) is 0.583. The first-order valence-corrected chi connectivity index (χ1v) is 7.18. The zero-order valence-corrected chi connectivity index (χ0v) is 11.5.